The van der Waals surface area contributed by atoms with E-state index in [1.54, 1.807) is 17.4 Å². The topological polar surface area (TPSA) is 82.0 Å². The predicted molar refractivity (Wildman–Crippen MR) is 140 cm³/mol. The molecule has 1 heterocycles. The molecule has 3 aromatic rings. The number of carbonyl (C=O) groups excluding carboxylic acids is 2. The van der Waals surface area contributed by atoms with Crippen LogP contribution in [0.1, 0.15) is 58.1 Å². The summed E-state index contributed by atoms with van der Waals surface area (Å²) in [6.07, 6.45) is 4.77. The number of rotatable bonds is 7. The first-order chi connectivity index (χ1) is 16.5. The Kier molecular flexibility index (Phi) is 7.71. The molecule has 34 heavy (non-hydrogen) atoms. The summed E-state index contributed by atoms with van der Waals surface area (Å²) in [5, 5.41) is 16.0. The standard InChI is InChI=1S/C27H27N3O2S2/c1-3-23(26(32)30-27-22(16-28)21-12-4-5-13-24(21)34-27)33-20-11-7-10-19(15-20)29-25(31)18-9-6-8-17(2)14-18/h6-11,14-15,23H,3-5,12-13H2,1-2H3,(H,29,31)(H,30,32). The number of carbonyl (C=O) groups is 2. The number of hydrogen-bond donors (Lipinski definition) is 2. The number of fused-ring (bicyclic) bond motifs is 1. The van der Waals surface area contributed by atoms with Gasteiger partial charge in [-0.1, -0.05) is 30.7 Å². The summed E-state index contributed by atoms with van der Waals surface area (Å²) in [4.78, 5) is 27.8. The lowest BCUT2D eigenvalue weighted by Crippen LogP contribution is -2.24. The molecule has 2 aromatic carbocycles. The van der Waals surface area contributed by atoms with E-state index in [0.29, 0.717) is 28.2 Å². The van der Waals surface area contributed by atoms with Crippen LogP contribution in [0.2, 0.25) is 0 Å². The predicted octanol–water partition coefficient (Wildman–Crippen LogP) is 6.57. The zero-order valence-corrected chi connectivity index (χ0v) is 20.9. The number of amides is 2. The van der Waals surface area contributed by atoms with Crippen LogP contribution < -0.4 is 10.6 Å². The maximum absolute atomic E-state index is 13.1. The van der Waals surface area contributed by atoms with E-state index in [0.717, 1.165) is 41.7 Å². The molecule has 2 amide bonds. The number of nitriles is 1. The summed E-state index contributed by atoms with van der Waals surface area (Å²) < 4.78 is 0. The van der Waals surface area contributed by atoms with Crippen molar-refractivity contribution in [3.8, 4) is 6.07 Å². The van der Waals surface area contributed by atoms with E-state index in [4.69, 9.17) is 0 Å². The molecule has 0 fully saturated rings. The van der Waals surface area contributed by atoms with Gasteiger partial charge in [0.15, 0.2) is 0 Å². The summed E-state index contributed by atoms with van der Waals surface area (Å²) in [5.74, 6) is -0.266. The number of benzene rings is 2. The fraction of sp³-hybridized carbons (Fsp3) is 0.296. The normalized spacial score (nSPS) is 13.4. The van der Waals surface area contributed by atoms with E-state index < -0.39 is 0 Å². The molecule has 4 rings (SSSR count). The van der Waals surface area contributed by atoms with E-state index in [1.165, 1.54) is 16.6 Å². The average Bonchev–Trinajstić information content (AvgIpc) is 3.19. The number of anilines is 2. The van der Waals surface area contributed by atoms with Crippen LogP contribution in [-0.2, 0) is 17.6 Å². The molecule has 5 nitrogen and oxygen atoms in total. The van der Waals surface area contributed by atoms with Gasteiger partial charge in [-0.25, -0.2) is 0 Å². The Bertz CT molecular complexity index is 1260. The Morgan fingerprint density at radius 3 is 2.68 bits per heavy atom. The van der Waals surface area contributed by atoms with Crippen molar-refractivity contribution in [1.29, 1.82) is 5.26 Å². The van der Waals surface area contributed by atoms with Crippen LogP contribution in [0.25, 0.3) is 0 Å². The second-order valence-corrected chi connectivity index (χ2v) is 10.8. The van der Waals surface area contributed by atoms with E-state index in [-0.39, 0.29) is 17.1 Å². The van der Waals surface area contributed by atoms with Gasteiger partial charge < -0.3 is 10.6 Å². The van der Waals surface area contributed by atoms with Crippen LogP contribution in [0.4, 0.5) is 10.7 Å². The third-order valence-corrected chi connectivity index (χ3v) is 8.40. The van der Waals surface area contributed by atoms with Gasteiger partial charge in [-0.05, 0) is 74.9 Å². The van der Waals surface area contributed by atoms with Crippen LogP contribution in [0, 0.1) is 18.3 Å². The molecule has 0 bridgehead atoms. The van der Waals surface area contributed by atoms with Gasteiger partial charge in [0.25, 0.3) is 5.91 Å². The van der Waals surface area contributed by atoms with Gasteiger partial charge in [0.2, 0.25) is 5.91 Å². The Labute approximate surface area is 208 Å². The van der Waals surface area contributed by atoms with Gasteiger partial charge in [0.1, 0.15) is 11.1 Å². The molecule has 0 spiro atoms. The Morgan fingerprint density at radius 2 is 1.91 bits per heavy atom. The van der Waals surface area contributed by atoms with Crippen molar-refractivity contribution < 1.29 is 9.59 Å². The van der Waals surface area contributed by atoms with Crippen molar-refractivity contribution in [3.63, 3.8) is 0 Å². The van der Waals surface area contributed by atoms with Crippen LogP contribution in [0.15, 0.2) is 53.4 Å². The molecule has 1 unspecified atom stereocenters. The van der Waals surface area contributed by atoms with Crippen molar-refractivity contribution >= 4 is 45.6 Å². The lowest BCUT2D eigenvalue weighted by atomic mass is 9.96. The lowest BCUT2D eigenvalue weighted by Gasteiger charge is -2.15. The van der Waals surface area contributed by atoms with Gasteiger partial charge >= 0.3 is 0 Å². The van der Waals surface area contributed by atoms with Crippen molar-refractivity contribution in [2.75, 3.05) is 10.6 Å². The van der Waals surface area contributed by atoms with Crippen LogP contribution in [0.5, 0.6) is 0 Å². The van der Waals surface area contributed by atoms with Gasteiger partial charge in [0.05, 0.1) is 10.8 Å². The maximum Gasteiger partial charge on any atom is 0.255 e. The first kappa shape index (κ1) is 24.1. The van der Waals surface area contributed by atoms with Crippen LogP contribution in [-0.4, -0.2) is 17.1 Å². The first-order valence-electron chi connectivity index (χ1n) is 11.5. The number of thioether (sulfide) groups is 1. The van der Waals surface area contributed by atoms with Gasteiger partial charge in [-0.15, -0.1) is 23.1 Å². The number of hydrogen-bond acceptors (Lipinski definition) is 5. The molecule has 174 valence electrons. The quantitative estimate of drug-likeness (QED) is 0.368. The fourth-order valence-corrected chi connectivity index (χ4v) is 6.34. The summed E-state index contributed by atoms with van der Waals surface area (Å²) >= 11 is 3.01. The smallest absolute Gasteiger partial charge is 0.255 e. The molecule has 1 aliphatic carbocycles. The molecule has 1 atom stereocenters. The highest BCUT2D eigenvalue weighted by Gasteiger charge is 2.25. The molecule has 0 saturated carbocycles. The van der Waals surface area contributed by atoms with Crippen molar-refractivity contribution in [3.05, 3.63) is 75.7 Å². The van der Waals surface area contributed by atoms with E-state index >= 15 is 0 Å². The van der Waals surface area contributed by atoms with Gasteiger partial charge in [-0.3, -0.25) is 9.59 Å². The molecular weight excluding hydrogens is 462 g/mol. The Morgan fingerprint density at radius 1 is 1.12 bits per heavy atom. The molecule has 0 saturated heterocycles. The van der Waals surface area contributed by atoms with E-state index in [2.05, 4.69) is 16.7 Å². The highest BCUT2D eigenvalue weighted by molar-refractivity contribution is 8.00. The molecule has 1 aliphatic rings. The zero-order chi connectivity index (χ0) is 24.1. The fourth-order valence-electron chi connectivity index (χ4n) is 4.09. The lowest BCUT2D eigenvalue weighted by molar-refractivity contribution is -0.115. The van der Waals surface area contributed by atoms with E-state index in [1.807, 2.05) is 56.3 Å². The second-order valence-electron chi connectivity index (χ2n) is 8.38. The van der Waals surface area contributed by atoms with E-state index in [9.17, 15) is 14.9 Å². The van der Waals surface area contributed by atoms with Crippen LogP contribution in [0.3, 0.4) is 0 Å². The highest BCUT2D eigenvalue weighted by Crippen LogP contribution is 2.38. The van der Waals surface area contributed by atoms with Gasteiger partial charge in [-0.2, -0.15) is 5.26 Å². The molecule has 1 aromatic heterocycles. The van der Waals surface area contributed by atoms with Gasteiger partial charge in [0, 0.05) is 21.0 Å². The molecular formula is C27H27N3O2S2. The second kappa shape index (κ2) is 10.9. The maximum atomic E-state index is 13.1. The number of nitrogens with zero attached hydrogens (tertiary/aromatic N) is 1. The third kappa shape index (κ3) is 5.52. The summed E-state index contributed by atoms with van der Waals surface area (Å²) in [6.45, 7) is 3.93. The summed E-state index contributed by atoms with van der Waals surface area (Å²) in [7, 11) is 0. The van der Waals surface area contributed by atoms with Crippen molar-refractivity contribution in [1.82, 2.24) is 0 Å². The molecule has 7 heteroatoms. The van der Waals surface area contributed by atoms with Crippen molar-refractivity contribution in [2.45, 2.75) is 56.1 Å². The summed E-state index contributed by atoms with van der Waals surface area (Å²) in [6, 6.07) is 17.3. The van der Waals surface area contributed by atoms with Crippen LogP contribution >= 0.6 is 23.1 Å². The molecule has 0 aliphatic heterocycles. The monoisotopic (exact) mass is 489 g/mol. The summed E-state index contributed by atoms with van der Waals surface area (Å²) in [5.41, 5.74) is 4.07. The number of nitrogens with one attached hydrogen (secondary N) is 2. The third-order valence-electron chi connectivity index (χ3n) is 5.83. The SMILES string of the molecule is CCC(Sc1cccc(NC(=O)c2cccc(C)c2)c1)C(=O)Nc1sc2c(c1C#N)CCCC2. The molecule has 0 radical (unpaired) electrons. The minimum atomic E-state index is -0.312. The zero-order valence-electron chi connectivity index (χ0n) is 19.3. The average molecular weight is 490 g/mol. The number of thiophene rings is 1. The molecule has 2 N–H and O–H groups in total. The minimum Gasteiger partial charge on any atom is -0.322 e. The minimum absolute atomic E-state index is 0.100. The van der Waals surface area contributed by atoms with Crippen molar-refractivity contribution in [2.24, 2.45) is 0 Å². The first-order valence-corrected chi connectivity index (χ1v) is 13.2. The Hall–Kier alpha value is -3.08. The highest BCUT2D eigenvalue weighted by atomic mass is 32.2. The largest absolute Gasteiger partial charge is 0.322 e. The number of aryl methyl sites for hydroxylation is 2. The Balaban J connectivity index is 1.44.